The van der Waals surface area contributed by atoms with Gasteiger partial charge in [-0.15, -0.1) is 0 Å². The largest absolute Gasteiger partial charge is 0.493 e. The number of nitrogens with zero attached hydrogens (tertiary/aromatic N) is 1. The number of benzene rings is 2. The van der Waals surface area contributed by atoms with Crippen LogP contribution in [0.3, 0.4) is 0 Å². The minimum atomic E-state index is -0.776. The molecule has 3 rings (SSSR count). The van der Waals surface area contributed by atoms with E-state index in [1.54, 1.807) is 28.4 Å². The molecule has 0 aromatic heterocycles. The van der Waals surface area contributed by atoms with Gasteiger partial charge in [0.15, 0.2) is 23.0 Å². The first kappa shape index (κ1) is 26.3. The van der Waals surface area contributed by atoms with E-state index in [0.717, 1.165) is 24.9 Å². The molecule has 0 saturated heterocycles. The van der Waals surface area contributed by atoms with Crippen LogP contribution in [0.4, 0.5) is 0 Å². The van der Waals surface area contributed by atoms with Crippen LogP contribution in [0.25, 0.3) is 0 Å². The molecule has 7 nitrogen and oxygen atoms in total. The molecule has 2 aromatic carbocycles. The molecule has 0 radical (unpaired) electrons. The molecule has 2 atom stereocenters. The van der Waals surface area contributed by atoms with Crippen molar-refractivity contribution in [1.29, 1.82) is 0 Å². The Morgan fingerprint density at radius 1 is 0.939 bits per heavy atom. The summed E-state index contributed by atoms with van der Waals surface area (Å²) in [5.41, 5.74) is 3.49. The molecule has 2 aromatic rings. The van der Waals surface area contributed by atoms with Crippen LogP contribution in [0, 0.1) is 0 Å². The number of hydrogen-bond acceptors (Lipinski definition) is 5. The first-order chi connectivity index (χ1) is 15.8. The first-order valence-corrected chi connectivity index (χ1v) is 11.4. The second-order valence-corrected chi connectivity index (χ2v) is 8.14. The number of hydrogen-bond donors (Lipinski definition) is 1. The molecular weight excluding hydrogens is 422 g/mol. The number of carboxylic acids is 1. The number of ether oxygens (including phenoxy) is 4. The summed E-state index contributed by atoms with van der Waals surface area (Å²) in [7, 11) is 8.67. The highest BCUT2D eigenvalue weighted by molar-refractivity contribution is 5.66. The Labute approximate surface area is 197 Å². The van der Waals surface area contributed by atoms with Gasteiger partial charge in [0.1, 0.15) is 6.04 Å². The van der Waals surface area contributed by atoms with Crippen molar-refractivity contribution in [2.24, 2.45) is 0 Å². The van der Waals surface area contributed by atoms with E-state index in [4.69, 9.17) is 18.9 Å². The molecule has 0 spiro atoms. The maximum Gasteiger partial charge on any atom is 0.309 e. The van der Waals surface area contributed by atoms with E-state index < -0.39 is 5.97 Å². The monoisotopic (exact) mass is 460 g/mol. The lowest BCUT2D eigenvalue weighted by atomic mass is 9.86. The second kappa shape index (κ2) is 11.8. The van der Waals surface area contributed by atoms with Crippen LogP contribution in [-0.4, -0.2) is 64.1 Å². The van der Waals surface area contributed by atoms with E-state index in [9.17, 15) is 9.90 Å². The summed E-state index contributed by atoms with van der Waals surface area (Å²) in [6.45, 7) is 5.41. The van der Waals surface area contributed by atoms with Crippen LogP contribution in [-0.2, 0) is 17.6 Å². The highest BCUT2D eigenvalue weighted by Crippen LogP contribution is 2.43. The summed E-state index contributed by atoms with van der Waals surface area (Å²) in [4.78, 5) is 11.4. The van der Waals surface area contributed by atoms with E-state index in [-0.39, 0.29) is 12.5 Å². The third kappa shape index (κ3) is 5.90. The van der Waals surface area contributed by atoms with E-state index >= 15 is 0 Å². The fraction of sp³-hybridized carbons (Fsp3) is 0.500. The Morgan fingerprint density at radius 3 is 2.09 bits per heavy atom. The third-order valence-corrected chi connectivity index (χ3v) is 6.36. The third-order valence-electron chi connectivity index (χ3n) is 6.36. The van der Waals surface area contributed by atoms with Gasteiger partial charge in [-0.05, 0) is 35.4 Å². The van der Waals surface area contributed by atoms with E-state index in [1.165, 1.54) is 11.1 Å². The summed E-state index contributed by atoms with van der Waals surface area (Å²) >= 11 is 0. The average molecular weight is 461 g/mol. The summed E-state index contributed by atoms with van der Waals surface area (Å²) in [5, 5.41) is 9.33. The van der Waals surface area contributed by atoms with E-state index in [0.29, 0.717) is 34.0 Å². The molecule has 1 heterocycles. The van der Waals surface area contributed by atoms with Gasteiger partial charge < -0.3 is 28.5 Å². The van der Waals surface area contributed by atoms with Gasteiger partial charge in [0, 0.05) is 18.4 Å². The lowest BCUT2D eigenvalue weighted by molar-refractivity contribution is -0.940. The van der Waals surface area contributed by atoms with Gasteiger partial charge in [-0.3, -0.25) is 4.79 Å². The van der Waals surface area contributed by atoms with Gasteiger partial charge in [-0.1, -0.05) is 19.9 Å². The number of carboxylic acid groups (broad SMARTS) is 1. The van der Waals surface area contributed by atoms with Crippen LogP contribution in [0.5, 0.6) is 23.0 Å². The molecule has 0 fully saturated rings. The van der Waals surface area contributed by atoms with Crippen molar-refractivity contribution in [3.05, 3.63) is 47.0 Å². The van der Waals surface area contributed by atoms with Crippen LogP contribution >= 0.6 is 0 Å². The van der Waals surface area contributed by atoms with Gasteiger partial charge in [-0.25, -0.2) is 0 Å². The fourth-order valence-corrected chi connectivity index (χ4v) is 4.51. The highest BCUT2D eigenvalue weighted by atomic mass is 16.5. The lowest BCUT2D eigenvalue weighted by Crippen LogP contribution is -2.53. The van der Waals surface area contributed by atoms with Crippen molar-refractivity contribution in [3.8, 4) is 23.0 Å². The quantitative estimate of drug-likeness (QED) is 0.555. The van der Waals surface area contributed by atoms with Gasteiger partial charge in [0.25, 0.3) is 0 Å². The summed E-state index contributed by atoms with van der Waals surface area (Å²) in [6, 6.07) is 10.1. The fourth-order valence-electron chi connectivity index (χ4n) is 4.51. The van der Waals surface area contributed by atoms with Crippen molar-refractivity contribution < 1.29 is 33.3 Å². The zero-order valence-electron chi connectivity index (χ0n) is 20.9. The average Bonchev–Trinajstić information content (AvgIpc) is 2.85. The molecule has 1 aliphatic rings. The van der Waals surface area contributed by atoms with E-state index in [2.05, 4.69) is 19.2 Å². The molecule has 182 valence electrons. The molecule has 7 heteroatoms. The first-order valence-electron chi connectivity index (χ1n) is 11.4. The predicted octanol–water partition coefficient (Wildman–Crippen LogP) is 4.51. The number of carbonyl (C=O) groups is 1. The van der Waals surface area contributed by atoms with Crippen molar-refractivity contribution in [1.82, 2.24) is 0 Å². The van der Waals surface area contributed by atoms with Gasteiger partial charge >= 0.3 is 5.97 Å². The summed E-state index contributed by atoms with van der Waals surface area (Å²) in [6.07, 6.45) is 1.72. The van der Waals surface area contributed by atoms with Gasteiger partial charge in [-0.2, -0.15) is 0 Å². The van der Waals surface area contributed by atoms with Crippen LogP contribution in [0.15, 0.2) is 30.3 Å². The number of aliphatic carboxylic acids is 1. The van der Waals surface area contributed by atoms with Gasteiger partial charge in [0.05, 0.1) is 55.0 Å². The smallest absolute Gasteiger partial charge is 0.309 e. The standard InChI is InChI=1S/C24H31NO6.C2H6/c1-25(11-9-24(26)27)10-8-17-14-22(30-4)23(31-5)15-18(17)19(25)12-16-6-7-20(28-2)21(13-16)29-3;1-2/h6-7,13-15,19H,8-12H2,1-5H3;1-2H3/p+1/t19-,25-;/m1./s1. The Balaban J connectivity index is 0.00000187. The van der Waals surface area contributed by atoms with Crippen LogP contribution in [0.2, 0.25) is 0 Å². The Bertz CT molecular complexity index is 945. The summed E-state index contributed by atoms with van der Waals surface area (Å²) in [5.74, 6) is 1.99. The molecule has 0 amide bonds. The number of likely N-dealkylation sites (N-methyl/N-ethyl adjacent to an activating group) is 1. The Kier molecular flexibility index (Phi) is 9.41. The Morgan fingerprint density at radius 2 is 1.52 bits per heavy atom. The van der Waals surface area contributed by atoms with Crippen molar-refractivity contribution in [2.45, 2.75) is 39.2 Å². The van der Waals surface area contributed by atoms with Crippen LogP contribution < -0.4 is 18.9 Å². The zero-order valence-corrected chi connectivity index (χ0v) is 20.9. The molecule has 0 bridgehead atoms. The minimum absolute atomic E-state index is 0.0704. The Hall–Kier alpha value is -2.93. The van der Waals surface area contributed by atoms with Crippen molar-refractivity contribution in [2.75, 3.05) is 48.6 Å². The topological polar surface area (TPSA) is 74.2 Å². The molecule has 1 aliphatic heterocycles. The maximum atomic E-state index is 11.4. The number of methoxy groups -OCH3 is 4. The minimum Gasteiger partial charge on any atom is -0.493 e. The predicted molar refractivity (Wildman–Crippen MR) is 129 cm³/mol. The van der Waals surface area contributed by atoms with E-state index in [1.807, 2.05) is 32.0 Å². The van der Waals surface area contributed by atoms with Crippen molar-refractivity contribution in [3.63, 3.8) is 0 Å². The van der Waals surface area contributed by atoms with Gasteiger partial charge in [0.2, 0.25) is 0 Å². The normalized spacial score (nSPS) is 18.9. The number of quaternary nitrogens is 1. The number of fused-ring (bicyclic) bond motifs is 1. The second-order valence-electron chi connectivity index (χ2n) is 8.14. The SMILES string of the molecule is CC.COc1ccc(C[C@@H]2c3cc(OC)c(OC)cc3CC[N@+]2(C)CCC(=O)O)cc1OC. The highest BCUT2D eigenvalue weighted by Gasteiger charge is 2.40. The van der Waals surface area contributed by atoms with Crippen molar-refractivity contribution >= 4 is 5.97 Å². The molecule has 33 heavy (non-hydrogen) atoms. The lowest BCUT2D eigenvalue weighted by Gasteiger charge is -2.46. The molecule has 0 aliphatic carbocycles. The molecular formula is C26H38NO6+. The van der Waals surface area contributed by atoms with Crippen LogP contribution in [0.1, 0.15) is 43.0 Å². The molecule has 0 unspecified atom stereocenters. The summed E-state index contributed by atoms with van der Waals surface area (Å²) < 4.78 is 22.6. The molecule has 1 N–H and O–H groups in total. The zero-order chi connectivity index (χ0) is 24.6. The number of rotatable bonds is 9. The molecule has 0 saturated carbocycles. The maximum absolute atomic E-state index is 11.4.